The molecule has 0 bridgehead atoms. The topological polar surface area (TPSA) is 131 Å². The van der Waals surface area contributed by atoms with Gasteiger partial charge in [-0.3, -0.25) is 4.79 Å². The number of aliphatic hydroxyl groups is 1. The number of hydrogen-bond acceptors (Lipinski definition) is 7. The Morgan fingerprint density at radius 1 is 0.951 bits per heavy atom. The molecular formula is C31H36N2O7S. The van der Waals surface area contributed by atoms with E-state index in [-0.39, 0.29) is 24.8 Å². The van der Waals surface area contributed by atoms with Crippen LogP contribution in [0.5, 0.6) is 5.75 Å². The lowest BCUT2D eigenvalue weighted by Crippen LogP contribution is -2.30. The Balaban J connectivity index is 1.35. The molecule has 3 N–H and O–H groups in total. The van der Waals surface area contributed by atoms with E-state index in [4.69, 9.17) is 9.47 Å². The average molecular weight is 581 g/mol. The van der Waals surface area contributed by atoms with Crippen LogP contribution in [-0.4, -0.2) is 51.0 Å². The Bertz CT molecular complexity index is 1420. The van der Waals surface area contributed by atoms with Gasteiger partial charge in [0.05, 0.1) is 37.2 Å². The Morgan fingerprint density at radius 2 is 1.63 bits per heavy atom. The Kier molecular flexibility index (Phi) is 10.4. The van der Waals surface area contributed by atoms with Crippen molar-refractivity contribution in [2.45, 2.75) is 50.7 Å². The van der Waals surface area contributed by atoms with Gasteiger partial charge in [-0.1, -0.05) is 67.1 Å². The fourth-order valence-electron chi connectivity index (χ4n) is 4.72. The second-order valence-corrected chi connectivity index (χ2v) is 11.9. The third-order valence-electron chi connectivity index (χ3n) is 6.89. The van der Waals surface area contributed by atoms with Gasteiger partial charge < -0.3 is 19.9 Å². The Morgan fingerprint density at radius 3 is 2.32 bits per heavy atom. The van der Waals surface area contributed by atoms with Crippen molar-refractivity contribution in [2.24, 2.45) is 0 Å². The summed E-state index contributed by atoms with van der Waals surface area (Å²) < 4.78 is 36.8. The van der Waals surface area contributed by atoms with Gasteiger partial charge in [-0.25, -0.2) is 17.9 Å². The SMILES string of the molecule is CS(=O)(=O)NC(=O)c1ccc(-c2ccc(CCOC(=O)NC[C@H](O)c3ccccc3)cc2)cc1OC1CCCCC1. The quantitative estimate of drug-likeness (QED) is 0.298. The summed E-state index contributed by atoms with van der Waals surface area (Å²) in [6.45, 7) is 0.231. The number of sulfonamides is 1. The third kappa shape index (κ3) is 9.33. The van der Waals surface area contributed by atoms with Crippen LogP contribution in [0.3, 0.4) is 0 Å². The minimum absolute atomic E-state index is 0.0232. The maximum absolute atomic E-state index is 12.7. The molecule has 0 spiro atoms. The molecule has 0 aliphatic heterocycles. The molecule has 1 aliphatic carbocycles. The second-order valence-electron chi connectivity index (χ2n) is 10.2. The van der Waals surface area contributed by atoms with Crippen molar-refractivity contribution in [1.82, 2.24) is 10.0 Å². The van der Waals surface area contributed by atoms with Gasteiger partial charge in [0.1, 0.15) is 5.75 Å². The lowest BCUT2D eigenvalue weighted by atomic mass is 9.97. The van der Waals surface area contributed by atoms with Crippen molar-refractivity contribution < 1.29 is 32.6 Å². The van der Waals surface area contributed by atoms with Gasteiger partial charge in [0.2, 0.25) is 10.0 Å². The molecule has 2 amide bonds. The van der Waals surface area contributed by atoms with Gasteiger partial charge in [-0.15, -0.1) is 0 Å². The molecule has 9 nitrogen and oxygen atoms in total. The molecule has 0 radical (unpaired) electrons. The van der Waals surface area contributed by atoms with E-state index in [1.807, 2.05) is 47.2 Å². The van der Waals surface area contributed by atoms with E-state index in [1.165, 1.54) is 0 Å². The van der Waals surface area contributed by atoms with Gasteiger partial charge in [0, 0.05) is 6.42 Å². The zero-order valence-electron chi connectivity index (χ0n) is 23.0. The van der Waals surface area contributed by atoms with E-state index in [9.17, 15) is 23.1 Å². The second kappa shape index (κ2) is 14.1. The monoisotopic (exact) mass is 580 g/mol. The Hall–Kier alpha value is -3.89. The molecular weight excluding hydrogens is 544 g/mol. The van der Waals surface area contributed by atoms with Crippen molar-refractivity contribution in [1.29, 1.82) is 0 Å². The molecule has 0 saturated heterocycles. The van der Waals surface area contributed by atoms with Gasteiger partial charge in [0.15, 0.2) is 0 Å². The summed E-state index contributed by atoms with van der Waals surface area (Å²) in [6, 6.07) is 21.9. The van der Waals surface area contributed by atoms with Crippen LogP contribution in [0.4, 0.5) is 4.79 Å². The number of rotatable bonds is 11. The maximum atomic E-state index is 12.7. The Labute approximate surface area is 240 Å². The first-order valence-electron chi connectivity index (χ1n) is 13.7. The third-order valence-corrected chi connectivity index (χ3v) is 7.44. The zero-order valence-corrected chi connectivity index (χ0v) is 23.9. The van der Waals surface area contributed by atoms with E-state index in [2.05, 4.69) is 5.32 Å². The van der Waals surface area contributed by atoms with Gasteiger partial charge in [-0.05, 0) is 60.1 Å². The first kappa shape index (κ1) is 30.1. The van der Waals surface area contributed by atoms with Crippen LogP contribution in [0.2, 0.25) is 0 Å². The number of benzene rings is 3. The lowest BCUT2D eigenvalue weighted by molar-refractivity contribution is 0.0969. The molecule has 3 aromatic carbocycles. The van der Waals surface area contributed by atoms with Crippen LogP contribution in [0.15, 0.2) is 72.8 Å². The number of nitrogens with one attached hydrogen (secondary N) is 2. The lowest BCUT2D eigenvalue weighted by Gasteiger charge is -2.24. The van der Waals surface area contributed by atoms with Gasteiger partial charge in [-0.2, -0.15) is 0 Å². The van der Waals surface area contributed by atoms with E-state index >= 15 is 0 Å². The number of ether oxygens (including phenoxy) is 2. The number of alkyl carbamates (subject to hydrolysis) is 1. The molecule has 1 fully saturated rings. The van der Waals surface area contributed by atoms with E-state index < -0.39 is 28.1 Å². The fourth-order valence-corrected chi connectivity index (χ4v) is 5.17. The summed E-state index contributed by atoms with van der Waals surface area (Å²) in [5, 5.41) is 12.7. The predicted octanol–water partition coefficient (Wildman–Crippen LogP) is 4.76. The van der Waals surface area contributed by atoms with E-state index in [0.29, 0.717) is 17.7 Å². The van der Waals surface area contributed by atoms with Crippen LogP contribution in [0.25, 0.3) is 11.1 Å². The van der Waals surface area contributed by atoms with Crippen LogP contribution in [0, 0.1) is 0 Å². The van der Waals surface area contributed by atoms with Crippen molar-refractivity contribution in [3.63, 3.8) is 0 Å². The highest BCUT2D eigenvalue weighted by Crippen LogP contribution is 2.31. The van der Waals surface area contributed by atoms with Gasteiger partial charge >= 0.3 is 6.09 Å². The van der Waals surface area contributed by atoms with Crippen molar-refractivity contribution >= 4 is 22.0 Å². The molecule has 1 atom stereocenters. The van der Waals surface area contributed by atoms with Crippen LogP contribution in [0.1, 0.15) is 59.7 Å². The van der Waals surface area contributed by atoms with Crippen molar-refractivity contribution in [3.05, 3.63) is 89.5 Å². The van der Waals surface area contributed by atoms with Crippen molar-refractivity contribution in [3.8, 4) is 16.9 Å². The molecule has 10 heteroatoms. The maximum Gasteiger partial charge on any atom is 0.407 e. The predicted molar refractivity (Wildman–Crippen MR) is 156 cm³/mol. The molecule has 3 aromatic rings. The summed E-state index contributed by atoms with van der Waals surface area (Å²) in [7, 11) is -3.72. The molecule has 0 heterocycles. The summed E-state index contributed by atoms with van der Waals surface area (Å²) in [6.07, 6.45) is 5.06. The first-order valence-corrected chi connectivity index (χ1v) is 15.6. The number of carbonyl (C=O) groups is 2. The fraction of sp³-hybridized carbons (Fsp3) is 0.355. The normalized spacial score (nSPS) is 14.6. The molecule has 1 aliphatic rings. The van der Waals surface area contributed by atoms with Crippen LogP contribution < -0.4 is 14.8 Å². The standard InChI is InChI=1S/C31H36N2O7S/c1-41(37,38)33-30(35)27-17-16-25(20-29(27)40-26-10-6-3-7-11-26)23-14-12-22(13-15-23)18-19-39-31(36)32-21-28(34)24-8-4-2-5-9-24/h2,4-5,8-9,12-17,20,26,28,34H,3,6-7,10-11,18-19,21H2,1H3,(H,32,36)(H,33,35)/t28-/m0/s1. The van der Waals surface area contributed by atoms with Crippen LogP contribution in [-0.2, 0) is 21.2 Å². The summed E-state index contributed by atoms with van der Waals surface area (Å²) in [4.78, 5) is 24.7. The number of amides is 2. The van der Waals surface area contributed by atoms with E-state index in [1.54, 1.807) is 30.3 Å². The highest BCUT2D eigenvalue weighted by atomic mass is 32.2. The number of hydrogen-bond donors (Lipinski definition) is 3. The first-order chi connectivity index (χ1) is 19.7. The highest BCUT2D eigenvalue weighted by molar-refractivity contribution is 7.89. The summed E-state index contributed by atoms with van der Waals surface area (Å²) in [5.74, 6) is -0.366. The molecule has 218 valence electrons. The highest BCUT2D eigenvalue weighted by Gasteiger charge is 2.21. The molecule has 0 unspecified atom stereocenters. The number of carbonyl (C=O) groups excluding carboxylic acids is 2. The molecule has 4 rings (SSSR count). The average Bonchev–Trinajstić information content (AvgIpc) is 2.96. The largest absolute Gasteiger partial charge is 0.490 e. The minimum Gasteiger partial charge on any atom is -0.490 e. The number of aliphatic hydroxyl groups excluding tert-OH is 1. The smallest absolute Gasteiger partial charge is 0.407 e. The zero-order chi connectivity index (χ0) is 29.2. The molecule has 41 heavy (non-hydrogen) atoms. The molecule has 0 aromatic heterocycles. The molecule has 1 saturated carbocycles. The minimum atomic E-state index is -3.72. The van der Waals surface area contributed by atoms with Gasteiger partial charge in [0.25, 0.3) is 5.91 Å². The van der Waals surface area contributed by atoms with E-state index in [0.717, 1.165) is 55.1 Å². The summed E-state index contributed by atoms with van der Waals surface area (Å²) in [5.41, 5.74) is 3.57. The van der Waals surface area contributed by atoms with Crippen LogP contribution >= 0.6 is 0 Å². The summed E-state index contributed by atoms with van der Waals surface area (Å²) >= 11 is 0. The van der Waals surface area contributed by atoms with Crippen molar-refractivity contribution in [2.75, 3.05) is 19.4 Å².